The van der Waals surface area contributed by atoms with Crippen LogP contribution in [0.5, 0.6) is 0 Å². The van der Waals surface area contributed by atoms with E-state index in [1.807, 2.05) is 19.1 Å². The van der Waals surface area contributed by atoms with Crippen molar-refractivity contribution in [3.8, 4) is 0 Å². The highest BCUT2D eigenvalue weighted by atomic mass is 32.2. The zero-order chi connectivity index (χ0) is 17.2. The lowest BCUT2D eigenvalue weighted by molar-refractivity contribution is -0.137. The number of hydrogen-bond donors (Lipinski definition) is 1. The van der Waals surface area contributed by atoms with Crippen LogP contribution < -0.4 is 5.32 Å². The van der Waals surface area contributed by atoms with Crippen molar-refractivity contribution in [1.82, 2.24) is 5.32 Å². The van der Waals surface area contributed by atoms with Crippen molar-refractivity contribution in [2.45, 2.75) is 29.3 Å². The van der Waals surface area contributed by atoms with Crippen LogP contribution in [0.25, 0.3) is 5.57 Å². The second-order valence-corrected chi connectivity index (χ2v) is 6.93. The molecule has 2 aromatic rings. The van der Waals surface area contributed by atoms with E-state index >= 15 is 0 Å². The van der Waals surface area contributed by atoms with Crippen LogP contribution in [0.2, 0.25) is 0 Å². The van der Waals surface area contributed by atoms with Gasteiger partial charge in [-0.1, -0.05) is 41.6 Å². The molecule has 0 aromatic heterocycles. The van der Waals surface area contributed by atoms with Crippen molar-refractivity contribution < 1.29 is 13.2 Å². The Morgan fingerprint density at radius 3 is 2.62 bits per heavy atom. The van der Waals surface area contributed by atoms with E-state index in [2.05, 4.69) is 17.5 Å². The highest BCUT2D eigenvalue weighted by Gasteiger charge is 2.30. The maximum Gasteiger partial charge on any atom is 0.416 e. The zero-order valence-electron chi connectivity index (χ0n) is 13.3. The van der Waals surface area contributed by atoms with Gasteiger partial charge in [0, 0.05) is 16.3 Å². The number of aryl methyl sites for hydroxylation is 1. The standard InChI is InChI=1S/C19H18F3NS/c1-13-5-6-18(17(11-13)14-7-9-23-10-8-14)24-16-4-2-3-15(12-16)19(20,21)22/h2-7,11-12,23H,8-10H2,1H3. The lowest BCUT2D eigenvalue weighted by Crippen LogP contribution is -2.20. The molecule has 0 fully saturated rings. The summed E-state index contributed by atoms with van der Waals surface area (Å²) in [5.41, 5.74) is 2.92. The molecule has 1 aliphatic heterocycles. The normalized spacial score (nSPS) is 15.2. The molecule has 5 heteroatoms. The summed E-state index contributed by atoms with van der Waals surface area (Å²) in [7, 11) is 0. The fourth-order valence-electron chi connectivity index (χ4n) is 2.71. The van der Waals surface area contributed by atoms with Gasteiger partial charge in [0.15, 0.2) is 0 Å². The molecule has 0 saturated carbocycles. The number of halogens is 3. The fraction of sp³-hybridized carbons (Fsp3) is 0.263. The van der Waals surface area contributed by atoms with E-state index in [9.17, 15) is 13.2 Å². The molecule has 0 unspecified atom stereocenters. The summed E-state index contributed by atoms with van der Waals surface area (Å²) in [5, 5.41) is 3.28. The number of hydrogen-bond acceptors (Lipinski definition) is 2. The lowest BCUT2D eigenvalue weighted by atomic mass is 9.99. The van der Waals surface area contributed by atoms with Gasteiger partial charge in [-0.05, 0) is 55.3 Å². The molecule has 0 radical (unpaired) electrons. The molecule has 3 rings (SSSR count). The van der Waals surface area contributed by atoms with Crippen molar-refractivity contribution in [2.24, 2.45) is 0 Å². The van der Waals surface area contributed by atoms with Gasteiger partial charge in [0.05, 0.1) is 5.56 Å². The Labute approximate surface area is 144 Å². The summed E-state index contributed by atoms with van der Waals surface area (Å²) in [4.78, 5) is 1.59. The number of alkyl halides is 3. The molecular weight excluding hydrogens is 331 g/mol. The molecule has 126 valence electrons. The molecule has 24 heavy (non-hydrogen) atoms. The van der Waals surface area contributed by atoms with Gasteiger partial charge in [0.2, 0.25) is 0 Å². The van der Waals surface area contributed by atoms with Gasteiger partial charge in [0.1, 0.15) is 0 Å². The largest absolute Gasteiger partial charge is 0.416 e. The Kier molecular flexibility index (Phi) is 5.01. The maximum absolute atomic E-state index is 12.9. The molecular formula is C19H18F3NS. The smallest absolute Gasteiger partial charge is 0.313 e. The summed E-state index contributed by atoms with van der Waals surface area (Å²) in [5.74, 6) is 0. The van der Waals surface area contributed by atoms with Crippen LogP contribution in [0.3, 0.4) is 0 Å². The first kappa shape index (κ1) is 17.1. The summed E-state index contributed by atoms with van der Waals surface area (Å²) >= 11 is 1.39. The van der Waals surface area contributed by atoms with Gasteiger partial charge >= 0.3 is 6.18 Å². The summed E-state index contributed by atoms with van der Waals surface area (Å²) in [6, 6.07) is 11.6. The van der Waals surface area contributed by atoms with Gasteiger partial charge in [-0.2, -0.15) is 13.2 Å². The monoisotopic (exact) mass is 349 g/mol. The van der Waals surface area contributed by atoms with E-state index in [1.165, 1.54) is 29.5 Å². The molecule has 1 heterocycles. The lowest BCUT2D eigenvalue weighted by Gasteiger charge is -2.18. The third-order valence-electron chi connectivity index (χ3n) is 3.93. The molecule has 1 nitrogen and oxygen atoms in total. The Morgan fingerprint density at radius 2 is 1.92 bits per heavy atom. The van der Waals surface area contributed by atoms with Gasteiger partial charge in [0.25, 0.3) is 0 Å². The quantitative estimate of drug-likeness (QED) is 0.780. The van der Waals surface area contributed by atoms with Crippen LogP contribution in [0.4, 0.5) is 13.2 Å². The van der Waals surface area contributed by atoms with Crippen LogP contribution >= 0.6 is 11.8 Å². The highest BCUT2D eigenvalue weighted by molar-refractivity contribution is 7.99. The van der Waals surface area contributed by atoms with Crippen molar-refractivity contribution in [2.75, 3.05) is 13.1 Å². The second-order valence-electron chi connectivity index (χ2n) is 5.81. The van der Waals surface area contributed by atoms with E-state index < -0.39 is 11.7 Å². The molecule has 0 spiro atoms. The first-order chi connectivity index (χ1) is 11.4. The number of rotatable bonds is 3. The second kappa shape index (κ2) is 7.03. The summed E-state index contributed by atoms with van der Waals surface area (Å²) in [6.07, 6.45) is -1.22. The van der Waals surface area contributed by atoms with E-state index in [4.69, 9.17) is 0 Å². The number of benzene rings is 2. The third-order valence-corrected chi connectivity index (χ3v) is 5.00. The SMILES string of the molecule is Cc1ccc(Sc2cccc(C(F)(F)F)c2)c(C2=CCNCC2)c1. The fourth-order valence-corrected chi connectivity index (χ4v) is 3.74. The van der Waals surface area contributed by atoms with Gasteiger partial charge in [-0.15, -0.1) is 0 Å². The van der Waals surface area contributed by atoms with Gasteiger partial charge in [-0.3, -0.25) is 0 Å². The van der Waals surface area contributed by atoms with Crippen molar-refractivity contribution in [3.05, 3.63) is 65.2 Å². The van der Waals surface area contributed by atoms with Crippen molar-refractivity contribution in [3.63, 3.8) is 0 Å². The summed E-state index contributed by atoms with van der Waals surface area (Å²) in [6.45, 7) is 3.79. The highest BCUT2D eigenvalue weighted by Crippen LogP contribution is 2.38. The van der Waals surface area contributed by atoms with Gasteiger partial charge < -0.3 is 5.32 Å². The van der Waals surface area contributed by atoms with Crippen LogP contribution in [-0.4, -0.2) is 13.1 Å². The molecule has 0 aliphatic carbocycles. The van der Waals surface area contributed by atoms with Gasteiger partial charge in [-0.25, -0.2) is 0 Å². The minimum absolute atomic E-state index is 0.601. The average Bonchev–Trinajstić information content (AvgIpc) is 2.57. The predicted molar refractivity (Wildman–Crippen MR) is 92.2 cm³/mol. The molecule has 0 atom stereocenters. The molecule has 1 N–H and O–H groups in total. The average molecular weight is 349 g/mol. The van der Waals surface area contributed by atoms with E-state index in [0.717, 1.165) is 41.6 Å². The minimum Gasteiger partial charge on any atom is -0.313 e. The molecule has 2 aromatic carbocycles. The Hall–Kier alpha value is -1.72. The van der Waals surface area contributed by atoms with E-state index in [0.29, 0.717) is 4.90 Å². The molecule has 0 bridgehead atoms. The van der Waals surface area contributed by atoms with E-state index in [1.54, 1.807) is 6.07 Å². The Balaban J connectivity index is 1.94. The van der Waals surface area contributed by atoms with E-state index in [-0.39, 0.29) is 0 Å². The zero-order valence-corrected chi connectivity index (χ0v) is 14.1. The minimum atomic E-state index is -4.32. The Morgan fingerprint density at radius 1 is 1.08 bits per heavy atom. The van der Waals surface area contributed by atoms with Crippen molar-refractivity contribution in [1.29, 1.82) is 0 Å². The van der Waals surface area contributed by atoms with Crippen LogP contribution in [0, 0.1) is 6.92 Å². The third kappa shape index (κ3) is 4.02. The molecule has 0 saturated heterocycles. The first-order valence-corrected chi connectivity index (χ1v) is 8.61. The molecule has 0 amide bonds. The summed E-state index contributed by atoms with van der Waals surface area (Å²) < 4.78 is 38.7. The van der Waals surface area contributed by atoms with Crippen LogP contribution in [0.15, 0.2) is 58.3 Å². The Bertz CT molecular complexity index is 765. The van der Waals surface area contributed by atoms with Crippen LogP contribution in [-0.2, 0) is 6.18 Å². The first-order valence-electron chi connectivity index (χ1n) is 7.79. The van der Waals surface area contributed by atoms with Crippen LogP contribution in [0.1, 0.15) is 23.1 Å². The maximum atomic E-state index is 12.9. The topological polar surface area (TPSA) is 12.0 Å². The number of nitrogens with one attached hydrogen (secondary N) is 1. The van der Waals surface area contributed by atoms with Crippen molar-refractivity contribution >= 4 is 17.3 Å². The molecule has 1 aliphatic rings. The predicted octanol–water partition coefficient (Wildman–Crippen LogP) is 5.54.